The quantitative estimate of drug-likeness (QED) is 0.891. The molecule has 1 aliphatic heterocycles. The number of aromatic hydroxyl groups is 1. The van der Waals surface area contributed by atoms with Crippen molar-refractivity contribution in [1.29, 1.82) is 0 Å². The van der Waals surface area contributed by atoms with E-state index < -0.39 is 5.43 Å². The van der Waals surface area contributed by atoms with Crippen LogP contribution in [0.15, 0.2) is 10.9 Å². The lowest BCUT2D eigenvalue weighted by Crippen LogP contribution is -2.29. The van der Waals surface area contributed by atoms with Crippen LogP contribution in [0.2, 0.25) is 0 Å². The van der Waals surface area contributed by atoms with E-state index in [0.717, 1.165) is 25.9 Å². The molecule has 1 saturated heterocycles. The standard InChI is InChI=1S/C16H26N2O3/c1-12(2)18-13(11-19)9-15(20)16(21)14(18)10-17-7-5-3-4-6-8-17/h9,12,19,21H,3-8,10-11H2,1-2H3. The maximum atomic E-state index is 11.9. The summed E-state index contributed by atoms with van der Waals surface area (Å²) in [6.45, 7) is 6.35. The van der Waals surface area contributed by atoms with E-state index in [9.17, 15) is 15.0 Å². The van der Waals surface area contributed by atoms with E-state index in [4.69, 9.17) is 0 Å². The average molecular weight is 294 g/mol. The van der Waals surface area contributed by atoms with Gasteiger partial charge in [0.15, 0.2) is 5.75 Å². The van der Waals surface area contributed by atoms with Crippen molar-refractivity contribution in [2.45, 2.75) is 58.7 Å². The Kier molecular flexibility index (Phi) is 5.42. The SMILES string of the molecule is CC(C)n1c(CO)cc(=O)c(O)c1CN1CCCCCC1. The second-order valence-electron chi connectivity index (χ2n) is 6.11. The van der Waals surface area contributed by atoms with Crippen LogP contribution in [-0.2, 0) is 13.2 Å². The molecule has 118 valence electrons. The summed E-state index contributed by atoms with van der Waals surface area (Å²) in [6.07, 6.45) is 4.81. The first kappa shape index (κ1) is 16.0. The van der Waals surface area contributed by atoms with E-state index in [2.05, 4.69) is 4.90 Å². The van der Waals surface area contributed by atoms with E-state index in [1.54, 1.807) is 0 Å². The Morgan fingerprint density at radius 2 is 1.81 bits per heavy atom. The van der Waals surface area contributed by atoms with Crippen LogP contribution in [-0.4, -0.2) is 32.8 Å². The van der Waals surface area contributed by atoms with Gasteiger partial charge < -0.3 is 14.8 Å². The molecule has 1 aliphatic rings. The molecule has 21 heavy (non-hydrogen) atoms. The fraction of sp³-hybridized carbons (Fsp3) is 0.688. The fourth-order valence-corrected chi connectivity index (χ4v) is 3.14. The molecule has 0 unspecified atom stereocenters. The smallest absolute Gasteiger partial charge is 0.223 e. The van der Waals surface area contributed by atoms with Gasteiger partial charge in [0.1, 0.15) is 0 Å². The molecule has 0 spiro atoms. The maximum absolute atomic E-state index is 11.9. The van der Waals surface area contributed by atoms with Crippen molar-refractivity contribution >= 4 is 0 Å². The van der Waals surface area contributed by atoms with Gasteiger partial charge in [0.05, 0.1) is 12.3 Å². The Bertz CT molecular complexity index is 529. The highest BCUT2D eigenvalue weighted by atomic mass is 16.3. The van der Waals surface area contributed by atoms with Crippen LogP contribution in [0.5, 0.6) is 5.75 Å². The van der Waals surface area contributed by atoms with Crippen LogP contribution in [0, 0.1) is 0 Å². The van der Waals surface area contributed by atoms with E-state index in [1.165, 1.54) is 18.9 Å². The molecule has 0 radical (unpaired) electrons. The number of hydrogen-bond acceptors (Lipinski definition) is 4. The van der Waals surface area contributed by atoms with Gasteiger partial charge in [-0.15, -0.1) is 0 Å². The normalized spacial score (nSPS) is 17.1. The highest BCUT2D eigenvalue weighted by Crippen LogP contribution is 2.23. The molecule has 1 aromatic rings. The second-order valence-corrected chi connectivity index (χ2v) is 6.11. The Hall–Kier alpha value is -1.33. The minimum absolute atomic E-state index is 0.0839. The third-order valence-corrected chi connectivity index (χ3v) is 4.16. The minimum Gasteiger partial charge on any atom is -0.503 e. The zero-order valence-corrected chi connectivity index (χ0v) is 13.0. The first-order chi connectivity index (χ1) is 10.0. The molecular weight excluding hydrogens is 268 g/mol. The van der Waals surface area contributed by atoms with Crippen molar-refractivity contribution in [2.24, 2.45) is 0 Å². The number of aromatic nitrogens is 1. The molecule has 0 amide bonds. The lowest BCUT2D eigenvalue weighted by Gasteiger charge is -2.26. The molecule has 5 heteroatoms. The van der Waals surface area contributed by atoms with Crippen molar-refractivity contribution in [1.82, 2.24) is 9.47 Å². The lowest BCUT2D eigenvalue weighted by molar-refractivity contribution is 0.245. The summed E-state index contributed by atoms with van der Waals surface area (Å²) in [5, 5.41) is 19.7. The molecule has 0 saturated carbocycles. The van der Waals surface area contributed by atoms with E-state index in [0.29, 0.717) is 17.9 Å². The summed E-state index contributed by atoms with van der Waals surface area (Å²) in [5.41, 5.74) is 0.793. The van der Waals surface area contributed by atoms with Gasteiger partial charge in [-0.05, 0) is 39.8 Å². The summed E-state index contributed by atoms with van der Waals surface area (Å²) in [6, 6.07) is 1.42. The summed E-state index contributed by atoms with van der Waals surface area (Å²) in [5.74, 6) is -0.176. The van der Waals surface area contributed by atoms with E-state index in [1.807, 2.05) is 18.4 Å². The molecule has 2 N–H and O–H groups in total. The summed E-state index contributed by atoms with van der Waals surface area (Å²) in [7, 11) is 0. The van der Waals surface area contributed by atoms with Gasteiger partial charge in [-0.1, -0.05) is 12.8 Å². The van der Waals surface area contributed by atoms with Gasteiger partial charge >= 0.3 is 0 Å². The fourth-order valence-electron chi connectivity index (χ4n) is 3.14. The molecule has 0 atom stereocenters. The number of hydrogen-bond donors (Lipinski definition) is 2. The Morgan fingerprint density at radius 3 is 2.33 bits per heavy atom. The van der Waals surface area contributed by atoms with Crippen LogP contribution >= 0.6 is 0 Å². The predicted molar refractivity (Wildman–Crippen MR) is 82.4 cm³/mol. The molecule has 0 aliphatic carbocycles. The molecule has 1 aromatic heterocycles. The zero-order chi connectivity index (χ0) is 15.4. The minimum atomic E-state index is -0.402. The zero-order valence-electron chi connectivity index (χ0n) is 13.0. The summed E-state index contributed by atoms with van der Waals surface area (Å²) < 4.78 is 1.89. The van der Waals surface area contributed by atoms with Crippen LogP contribution in [0.25, 0.3) is 0 Å². The van der Waals surface area contributed by atoms with Gasteiger partial charge in [-0.2, -0.15) is 0 Å². The van der Waals surface area contributed by atoms with E-state index >= 15 is 0 Å². The van der Waals surface area contributed by atoms with Crippen molar-refractivity contribution < 1.29 is 10.2 Å². The van der Waals surface area contributed by atoms with Crippen molar-refractivity contribution in [3.8, 4) is 5.75 Å². The number of aliphatic hydroxyl groups excluding tert-OH is 1. The van der Waals surface area contributed by atoms with E-state index in [-0.39, 0.29) is 18.4 Å². The Labute approximate surface area is 125 Å². The maximum Gasteiger partial charge on any atom is 0.223 e. The van der Waals surface area contributed by atoms with Crippen LogP contribution in [0.1, 0.15) is 57.0 Å². The highest BCUT2D eigenvalue weighted by Gasteiger charge is 2.19. The molecule has 2 rings (SSSR count). The number of nitrogens with zero attached hydrogens (tertiary/aromatic N) is 2. The molecule has 1 fully saturated rings. The largest absolute Gasteiger partial charge is 0.503 e. The van der Waals surface area contributed by atoms with Gasteiger partial charge in [0.25, 0.3) is 0 Å². The predicted octanol–water partition coefficient (Wildman–Crippen LogP) is 2.00. The molecule has 0 aromatic carbocycles. The highest BCUT2D eigenvalue weighted by molar-refractivity contribution is 5.30. The monoisotopic (exact) mass is 294 g/mol. The van der Waals surface area contributed by atoms with Crippen molar-refractivity contribution in [3.63, 3.8) is 0 Å². The number of rotatable bonds is 4. The van der Waals surface area contributed by atoms with Gasteiger partial charge in [-0.3, -0.25) is 9.69 Å². The molecule has 0 bridgehead atoms. The first-order valence-electron chi connectivity index (χ1n) is 7.84. The third kappa shape index (κ3) is 3.66. The average Bonchev–Trinajstić information content (AvgIpc) is 2.71. The summed E-state index contributed by atoms with van der Waals surface area (Å²) in [4.78, 5) is 14.2. The van der Waals surface area contributed by atoms with Gasteiger partial charge in [-0.25, -0.2) is 0 Å². The third-order valence-electron chi connectivity index (χ3n) is 4.16. The number of aliphatic hydroxyl groups is 1. The Morgan fingerprint density at radius 1 is 1.19 bits per heavy atom. The number of pyridine rings is 1. The molecule has 2 heterocycles. The topological polar surface area (TPSA) is 65.7 Å². The number of likely N-dealkylation sites (tertiary alicyclic amines) is 1. The van der Waals surface area contributed by atoms with Crippen LogP contribution in [0.4, 0.5) is 0 Å². The Balaban J connectivity index is 2.39. The lowest BCUT2D eigenvalue weighted by atomic mass is 10.2. The van der Waals surface area contributed by atoms with Crippen LogP contribution < -0.4 is 5.43 Å². The van der Waals surface area contributed by atoms with Crippen LogP contribution in [0.3, 0.4) is 0 Å². The molecular formula is C16H26N2O3. The van der Waals surface area contributed by atoms with Gasteiger partial charge in [0.2, 0.25) is 5.43 Å². The van der Waals surface area contributed by atoms with Crippen molar-refractivity contribution in [2.75, 3.05) is 13.1 Å². The second kappa shape index (κ2) is 7.09. The first-order valence-corrected chi connectivity index (χ1v) is 7.84. The van der Waals surface area contributed by atoms with Crippen molar-refractivity contribution in [3.05, 3.63) is 27.7 Å². The summed E-state index contributed by atoms with van der Waals surface area (Å²) >= 11 is 0. The van der Waals surface area contributed by atoms with Gasteiger partial charge in [0, 0.05) is 24.3 Å². The molecule has 5 nitrogen and oxygen atoms in total.